The Labute approximate surface area is 183 Å². The average Bonchev–Trinajstić information content (AvgIpc) is 2.66. The second-order valence-corrected chi connectivity index (χ2v) is 6.98. The summed E-state index contributed by atoms with van der Waals surface area (Å²) in [6.07, 6.45) is -1.69. The van der Waals surface area contributed by atoms with Gasteiger partial charge in [0.05, 0.1) is 12.5 Å². The van der Waals surface area contributed by atoms with Crippen molar-refractivity contribution in [3.63, 3.8) is 0 Å². The van der Waals surface area contributed by atoms with E-state index in [0.29, 0.717) is 0 Å². The number of carboxylic acid groups (broad SMARTS) is 1. The highest BCUT2D eigenvalue weighted by molar-refractivity contribution is 5.95. The van der Waals surface area contributed by atoms with Crippen LogP contribution in [0.25, 0.3) is 0 Å². The maximum Gasteiger partial charge on any atom is 0.325 e. The van der Waals surface area contributed by atoms with Crippen LogP contribution in [0.1, 0.15) is 39.0 Å². The molecule has 0 rings (SSSR count). The standard InChI is InChI=1S/C17H29N7O8/c1-7(17(31)32)22-15(29)9(2-4-11(19)25)24-16(30)10(3-5-12(20)26)23-14(28)8(18)6-13(21)27/h7-10H,2-6,18H2,1H3,(H2,19,25)(H2,20,26)(H2,21,27)(H,22,29)(H,23,28)(H,24,30)(H,31,32). The van der Waals surface area contributed by atoms with Gasteiger partial charge in [0.15, 0.2) is 0 Å². The molecule has 6 amide bonds. The number of carboxylic acids is 1. The number of hydrogen-bond donors (Lipinski definition) is 8. The van der Waals surface area contributed by atoms with E-state index in [9.17, 15) is 33.6 Å². The van der Waals surface area contributed by atoms with Crippen LogP contribution in [0.15, 0.2) is 0 Å². The third-order valence-corrected chi connectivity index (χ3v) is 4.11. The number of nitrogens with one attached hydrogen (secondary N) is 3. The van der Waals surface area contributed by atoms with Crippen molar-refractivity contribution in [2.45, 2.75) is 63.2 Å². The summed E-state index contributed by atoms with van der Waals surface area (Å²) in [6.45, 7) is 1.18. The molecule has 4 unspecified atom stereocenters. The Hall–Kier alpha value is -3.75. The number of carbonyl (C=O) groups is 7. The molecule has 0 aromatic heterocycles. The van der Waals surface area contributed by atoms with Gasteiger partial charge in [-0.1, -0.05) is 0 Å². The topological polar surface area (TPSA) is 280 Å². The van der Waals surface area contributed by atoms with E-state index in [0.717, 1.165) is 0 Å². The molecule has 0 saturated heterocycles. The van der Waals surface area contributed by atoms with Crippen LogP contribution in [0.3, 0.4) is 0 Å². The van der Waals surface area contributed by atoms with Crippen molar-refractivity contribution >= 4 is 41.4 Å². The van der Waals surface area contributed by atoms with E-state index in [4.69, 9.17) is 28.0 Å². The fourth-order valence-electron chi connectivity index (χ4n) is 2.35. The molecule has 0 aliphatic rings. The van der Waals surface area contributed by atoms with E-state index in [-0.39, 0.29) is 25.7 Å². The van der Waals surface area contributed by atoms with Gasteiger partial charge < -0.3 is 44.0 Å². The Balaban J connectivity index is 5.48. The SMILES string of the molecule is CC(NC(=O)C(CCC(N)=O)NC(=O)C(CCC(N)=O)NC(=O)C(N)CC(N)=O)C(=O)O. The number of hydrogen-bond acceptors (Lipinski definition) is 8. The highest BCUT2D eigenvalue weighted by Gasteiger charge is 2.30. The number of carbonyl (C=O) groups excluding carboxylic acids is 6. The Bertz CT molecular complexity index is 757. The van der Waals surface area contributed by atoms with E-state index in [1.807, 2.05) is 0 Å². The van der Waals surface area contributed by atoms with Gasteiger partial charge >= 0.3 is 5.97 Å². The Kier molecular flexibility index (Phi) is 11.9. The van der Waals surface area contributed by atoms with E-state index < -0.39 is 72.0 Å². The van der Waals surface area contributed by atoms with Crippen LogP contribution in [0.2, 0.25) is 0 Å². The summed E-state index contributed by atoms with van der Waals surface area (Å²) in [5.74, 6) is -6.55. The minimum Gasteiger partial charge on any atom is -0.480 e. The van der Waals surface area contributed by atoms with Gasteiger partial charge in [-0.2, -0.15) is 0 Å². The third-order valence-electron chi connectivity index (χ3n) is 4.11. The highest BCUT2D eigenvalue weighted by atomic mass is 16.4. The molecule has 0 aromatic carbocycles. The molecule has 180 valence electrons. The van der Waals surface area contributed by atoms with Crippen LogP contribution in [-0.4, -0.2) is 70.7 Å². The van der Waals surface area contributed by atoms with Crippen LogP contribution in [-0.2, 0) is 33.6 Å². The molecule has 0 aliphatic heterocycles. The molecule has 0 fully saturated rings. The molecule has 0 heterocycles. The molecule has 0 bridgehead atoms. The summed E-state index contributed by atoms with van der Waals surface area (Å²) in [5, 5.41) is 15.6. The molecular weight excluding hydrogens is 430 g/mol. The van der Waals surface area contributed by atoms with Crippen molar-refractivity contribution in [2.75, 3.05) is 0 Å². The normalized spacial score (nSPS) is 14.2. The Morgan fingerprint density at radius 2 is 1.12 bits per heavy atom. The zero-order chi connectivity index (χ0) is 25.0. The quantitative estimate of drug-likeness (QED) is 0.116. The van der Waals surface area contributed by atoms with Crippen LogP contribution in [0.4, 0.5) is 0 Å². The molecule has 4 atom stereocenters. The summed E-state index contributed by atoms with van der Waals surface area (Å²) in [6, 6.07) is -5.45. The van der Waals surface area contributed by atoms with Crippen LogP contribution < -0.4 is 38.9 Å². The first-order valence-electron chi connectivity index (χ1n) is 9.49. The Morgan fingerprint density at radius 1 is 0.719 bits per heavy atom. The predicted octanol–water partition coefficient (Wildman–Crippen LogP) is -4.72. The molecule has 15 heteroatoms. The van der Waals surface area contributed by atoms with E-state index in [1.165, 1.54) is 6.92 Å². The summed E-state index contributed by atoms with van der Waals surface area (Å²) in [7, 11) is 0. The number of amides is 6. The van der Waals surface area contributed by atoms with E-state index in [2.05, 4.69) is 16.0 Å². The minimum absolute atomic E-state index is 0.267. The number of rotatable bonds is 15. The molecule has 0 aliphatic carbocycles. The summed E-state index contributed by atoms with van der Waals surface area (Å²) >= 11 is 0. The van der Waals surface area contributed by atoms with Crippen LogP contribution in [0, 0.1) is 0 Å². The lowest BCUT2D eigenvalue weighted by Crippen LogP contribution is -2.57. The Morgan fingerprint density at radius 3 is 1.50 bits per heavy atom. The zero-order valence-corrected chi connectivity index (χ0v) is 17.5. The molecule has 0 aromatic rings. The highest BCUT2D eigenvalue weighted by Crippen LogP contribution is 2.04. The average molecular weight is 459 g/mol. The van der Waals surface area contributed by atoms with Crippen molar-refractivity contribution in [2.24, 2.45) is 22.9 Å². The molecule has 0 spiro atoms. The molecular formula is C17H29N7O8. The van der Waals surface area contributed by atoms with Crippen molar-refractivity contribution in [3.8, 4) is 0 Å². The smallest absolute Gasteiger partial charge is 0.325 e. The van der Waals surface area contributed by atoms with E-state index in [1.54, 1.807) is 0 Å². The lowest BCUT2D eigenvalue weighted by molar-refractivity contribution is -0.142. The van der Waals surface area contributed by atoms with Crippen LogP contribution >= 0.6 is 0 Å². The third kappa shape index (κ3) is 11.4. The van der Waals surface area contributed by atoms with Gasteiger partial charge in [0, 0.05) is 12.8 Å². The molecule has 32 heavy (non-hydrogen) atoms. The molecule has 0 saturated carbocycles. The number of nitrogens with two attached hydrogens (primary N) is 4. The molecule has 12 N–H and O–H groups in total. The first kappa shape index (κ1) is 28.2. The predicted molar refractivity (Wildman–Crippen MR) is 108 cm³/mol. The van der Waals surface area contributed by atoms with Gasteiger partial charge in [-0.15, -0.1) is 0 Å². The van der Waals surface area contributed by atoms with Crippen molar-refractivity contribution in [1.82, 2.24) is 16.0 Å². The summed E-state index contributed by atoms with van der Waals surface area (Å²) in [4.78, 5) is 81.3. The largest absolute Gasteiger partial charge is 0.480 e. The maximum absolute atomic E-state index is 12.7. The first-order valence-corrected chi connectivity index (χ1v) is 9.49. The van der Waals surface area contributed by atoms with E-state index >= 15 is 0 Å². The van der Waals surface area contributed by atoms with Gasteiger partial charge in [0.1, 0.15) is 18.1 Å². The first-order chi connectivity index (χ1) is 14.7. The monoisotopic (exact) mass is 459 g/mol. The van der Waals surface area contributed by atoms with Gasteiger partial charge in [-0.3, -0.25) is 33.6 Å². The van der Waals surface area contributed by atoms with Crippen molar-refractivity contribution < 1.29 is 38.7 Å². The lowest BCUT2D eigenvalue weighted by atomic mass is 10.1. The fraction of sp³-hybridized carbons (Fsp3) is 0.588. The van der Waals surface area contributed by atoms with Gasteiger partial charge in [0.2, 0.25) is 35.4 Å². The summed E-state index contributed by atoms with van der Waals surface area (Å²) < 4.78 is 0. The van der Waals surface area contributed by atoms with Crippen molar-refractivity contribution in [1.29, 1.82) is 0 Å². The maximum atomic E-state index is 12.7. The van der Waals surface area contributed by atoms with Gasteiger partial charge in [-0.05, 0) is 19.8 Å². The number of aliphatic carboxylic acids is 1. The van der Waals surface area contributed by atoms with Gasteiger partial charge in [0.25, 0.3) is 0 Å². The summed E-state index contributed by atoms with van der Waals surface area (Å²) in [5.41, 5.74) is 20.6. The van der Waals surface area contributed by atoms with Gasteiger partial charge in [-0.25, -0.2) is 0 Å². The second-order valence-electron chi connectivity index (χ2n) is 6.98. The number of primary amides is 3. The minimum atomic E-state index is -1.39. The van der Waals surface area contributed by atoms with Crippen LogP contribution in [0.5, 0.6) is 0 Å². The molecule has 15 nitrogen and oxygen atoms in total. The molecule has 0 radical (unpaired) electrons. The lowest BCUT2D eigenvalue weighted by Gasteiger charge is -2.24. The fourth-order valence-corrected chi connectivity index (χ4v) is 2.35. The van der Waals surface area contributed by atoms with Crippen molar-refractivity contribution in [3.05, 3.63) is 0 Å². The zero-order valence-electron chi connectivity index (χ0n) is 17.5. The second kappa shape index (κ2) is 13.5.